The number of fused-ring (bicyclic) bond motifs is 1. The Hall–Kier alpha value is -2.13. The summed E-state index contributed by atoms with van der Waals surface area (Å²) >= 11 is 2.54. The molecule has 0 aliphatic rings. The van der Waals surface area contributed by atoms with Crippen molar-refractivity contribution in [2.75, 3.05) is 12.4 Å². The van der Waals surface area contributed by atoms with Crippen LogP contribution in [0.3, 0.4) is 0 Å². The van der Waals surface area contributed by atoms with Crippen molar-refractivity contribution in [2.24, 2.45) is 0 Å². The number of hydrogen-bond acceptors (Lipinski definition) is 7. The smallest absolute Gasteiger partial charge is 0.413 e. The van der Waals surface area contributed by atoms with Crippen molar-refractivity contribution in [1.82, 2.24) is 14.9 Å². The van der Waals surface area contributed by atoms with Gasteiger partial charge in [-0.1, -0.05) is 17.8 Å². The highest BCUT2D eigenvalue weighted by Crippen LogP contribution is 2.28. The molecular weight excluding hydrogens is 362 g/mol. The van der Waals surface area contributed by atoms with E-state index in [0.717, 1.165) is 22.2 Å². The molecule has 0 saturated heterocycles. The molecule has 0 bridgehead atoms. The fraction of sp³-hybridized carbons (Fsp3) is 0.375. The fourth-order valence-electron chi connectivity index (χ4n) is 2.16. The molecule has 2 amide bonds. The molecule has 2 aromatic heterocycles. The van der Waals surface area contributed by atoms with Crippen molar-refractivity contribution in [3.8, 4) is 0 Å². The molecule has 2 rings (SSSR count). The Morgan fingerprint density at radius 2 is 2.16 bits per heavy atom. The molecule has 0 aliphatic carbocycles. The molecule has 0 atom stereocenters. The fourth-order valence-corrected chi connectivity index (χ4v) is 4.04. The maximum absolute atomic E-state index is 12.8. The quantitative estimate of drug-likeness (QED) is 0.470. The van der Waals surface area contributed by atoms with Gasteiger partial charge in [0.25, 0.3) is 5.56 Å². The van der Waals surface area contributed by atoms with Crippen LogP contribution in [0.4, 0.5) is 4.79 Å². The number of imide groups is 1. The topological polar surface area (TPSA) is 90.3 Å². The molecule has 2 aromatic rings. The first kappa shape index (κ1) is 19.2. The molecule has 0 saturated carbocycles. The molecular formula is C16H19N3O4S2. The molecule has 1 N–H and O–H groups in total. The number of ether oxygens (including phenoxy) is 1. The SMILES string of the molecule is C=CCn1c(SCC(=O)NC(=O)OCC)nc2sc(C)c(C)c2c1=O. The van der Waals surface area contributed by atoms with Gasteiger partial charge in [0.2, 0.25) is 5.91 Å². The lowest BCUT2D eigenvalue weighted by Crippen LogP contribution is -2.32. The maximum atomic E-state index is 12.8. The van der Waals surface area contributed by atoms with Crippen LogP contribution in [0.2, 0.25) is 0 Å². The van der Waals surface area contributed by atoms with Gasteiger partial charge in [-0.25, -0.2) is 9.78 Å². The number of hydrogen-bond donors (Lipinski definition) is 1. The van der Waals surface area contributed by atoms with Crippen molar-refractivity contribution in [3.63, 3.8) is 0 Å². The zero-order valence-electron chi connectivity index (χ0n) is 14.2. The summed E-state index contributed by atoms with van der Waals surface area (Å²) in [5.41, 5.74) is 0.770. The number of thioether (sulfide) groups is 1. The van der Waals surface area contributed by atoms with Crippen LogP contribution in [0.25, 0.3) is 10.2 Å². The monoisotopic (exact) mass is 381 g/mol. The molecule has 25 heavy (non-hydrogen) atoms. The summed E-state index contributed by atoms with van der Waals surface area (Å²) in [7, 11) is 0. The summed E-state index contributed by atoms with van der Waals surface area (Å²) < 4.78 is 6.14. The molecule has 0 spiro atoms. The normalized spacial score (nSPS) is 10.7. The summed E-state index contributed by atoms with van der Waals surface area (Å²) in [6.07, 6.45) is 0.816. The lowest BCUT2D eigenvalue weighted by atomic mass is 10.2. The van der Waals surface area contributed by atoms with Gasteiger partial charge in [0, 0.05) is 11.4 Å². The zero-order valence-corrected chi connectivity index (χ0v) is 15.9. The number of carbonyl (C=O) groups is 2. The van der Waals surface area contributed by atoms with Crippen LogP contribution in [0.15, 0.2) is 22.6 Å². The number of nitrogens with one attached hydrogen (secondary N) is 1. The van der Waals surface area contributed by atoms with Gasteiger partial charge in [0.15, 0.2) is 5.16 Å². The molecule has 2 heterocycles. The summed E-state index contributed by atoms with van der Waals surface area (Å²) in [5, 5.41) is 3.13. The van der Waals surface area contributed by atoms with Crippen LogP contribution < -0.4 is 10.9 Å². The van der Waals surface area contributed by atoms with Crippen molar-refractivity contribution < 1.29 is 14.3 Å². The average molecular weight is 381 g/mol. The minimum atomic E-state index is -0.788. The van der Waals surface area contributed by atoms with E-state index >= 15 is 0 Å². The van der Waals surface area contributed by atoms with Crippen LogP contribution >= 0.6 is 23.1 Å². The number of carbonyl (C=O) groups excluding carboxylic acids is 2. The second kappa shape index (κ2) is 8.30. The third kappa shape index (κ3) is 4.29. The first-order chi connectivity index (χ1) is 11.9. The number of rotatable bonds is 6. The highest BCUT2D eigenvalue weighted by molar-refractivity contribution is 7.99. The van der Waals surface area contributed by atoms with Crippen LogP contribution in [-0.4, -0.2) is 33.9 Å². The minimum absolute atomic E-state index is 0.0583. The second-order valence-corrected chi connectivity index (χ2v) is 7.27. The Morgan fingerprint density at radius 1 is 1.44 bits per heavy atom. The Balaban J connectivity index is 2.29. The molecule has 0 fully saturated rings. The van der Waals surface area contributed by atoms with Gasteiger partial charge >= 0.3 is 6.09 Å². The van der Waals surface area contributed by atoms with Gasteiger partial charge in [-0.15, -0.1) is 17.9 Å². The minimum Gasteiger partial charge on any atom is -0.450 e. The van der Waals surface area contributed by atoms with Gasteiger partial charge in [-0.2, -0.15) is 0 Å². The number of alkyl carbamates (subject to hydrolysis) is 1. The van der Waals surface area contributed by atoms with E-state index in [1.54, 1.807) is 13.0 Å². The highest BCUT2D eigenvalue weighted by Gasteiger charge is 2.17. The van der Waals surface area contributed by atoms with Crippen LogP contribution in [0.5, 0.6) is 0 Å². The molecule has 0 aromatic carbocycles. The third-order valence-corrected chi connectivity index (χ3v) is 5.49. The predicted octanol–water partition coefficient (Wildman–Crippen LogP) is 2.63. The summed E-state index contributed by atoms with van der Waals surface area (Å²) in [6, 6.07) is 0. The zero-order chi connectivity index (χ0) is 18.6. The van der Waals surface area contributed by atoms with E-state index in [9.17, 15) is 14.4 Å². The second-order valence-electron chi connectivity index (χ2n) is 5.12. The van der Waals surface area contributed by atoms with Gasteiger partial charge in [0.05, 0.1) is 17.7 Å². The Bertz CT molecular complexity index is 886. The largest absolute Gasteiger partial charge is 0.450 e. The Kier molecular flexibility index (Phi) is 6.38. The molecule has 9 heteroatoms. The number of nitrogens with zero attached hydrogens (tertiary/aromatic N) is 2. The molecule has 0 unspecified atom stereocenters. The van der Waals surface area contributed by atoms with Crippen molar-refractivity contribution >= 4 is 45.3 Å². The van der Waals surface area contributed by atoms with Crippen molar-refractivity contribution in [2.45, 2.75) is 32.5 Å². The van der Waals surface area contributed by atoms with E-state index in [0.29, 0.717) is 15.4 Å². The lowest BCUT2D eigenvalue weighted by molar-refractivity contribution is -0.117. The predicted molar refractivity (Wildman–Crippen MR) is 99.4 cm³/mol. The number of allylic oxidation sites excluding steroid dienone is 1. The summed E-state index contributed by atoms with van der Waals surface area (Å²) in [5.74, 6) is -0.571. The molecule has 0 aliphatic heterocycles. The molecule has 0 radical (unpaired) electrons. The first-order valence-electron chi connectivity index (χ1n) is 7.59. The molecule has 134 valence electrons. The van der Waals surface area contributed by atoms with E-state index in [4.69, 9.17) is 0 Å². The van der Waals surface area contributed by atoms with E-state index in [2.05, 4.69) is 21.6 Å². The number of aryl methyl sites for hydroxylation is 2. The van der Waals surface area contributed by atoms with Crippen molar-refractivity contribution in [1.29, 1.82) is 0 Å². The molecule has 7 nitrogen and oxygen atoms in total. The summed E-state index contributed by atoms with van der Waals surface area (Å²) in [6.45, 7) is 9.63. The van der Waals surface area contributed by atoms with Gasteiger partial charge in [0.1, 0.15) is 4.83 Å². The Morgan fingerprint density at radius 3 is 2.80 bits per heavy atom. The van der Waals surface area contributed by atoms with Crippen LogP contribution in [0.1, 0.15) is 17.4 Å². The average Bonchev–Trinajstić information content (AvgIpc) is 2.83. The number of amides is 2. The lowest BCUT2D eigenvalue weighted by Gasteiger charge is -2.10. The van der Waals surface area contributed by atoms with E-state index < -0.39 is 12.0 Å². The number of aromatic nitrogens is 2. The third-order valence-electron chi connectivity index (χ3n) is 3.41. The van der Waals surface area contributed by atoms with Gasteiger partial charge in [-0.05, 0) is 26.3 Å². The van der Waals surface area contributed by atoms with E-state index in [1.165, 1.54) is 15.9 Å². The van der Waals surface area contributed by atoms with E-state index in [-0.39, 0.29) is 24.5 Å². The Labute approximate surface area is 153 Å². The van der Waals surface area contributed by atoms with Gasteiger partial charge in [-0.3, -0.25) is 19.5 Å². The van der Waals surface area contributed by atoms with Crippen LogP contribution in [0, 0.1) is 13.8 Å². The van der Waals surface area contributed by atoms with Gasteiger partial charge < -0.3 is 4.74 Å². The van der Waals surface area contributed by atoms with Crippen molar-refractivity contribution in [3.05, 3.63) is 33.4 Å². The highest BCUT2D eigenvalue weighted by atomic mass is 32.2. The number of thiophene rings is 1. The van der Waals surface area contributed by atoms with E-state index in [1.807, 2.05) is 13.8 Å². The standard InChI is InChI=1S/C16H19N3O4S2/c1-5-7-19-14(21)12-9(3)10(4)25-13(12)18-15(19)24-8-11(20)17-16(22)23-6-2/h5H,1,6-8H2,2-4H3,(H,17,20,22). The summed E-state index contributed by atoms with van der Waals surface area (Å²) in [4.78, 5) is 42.0. The first-order valence-corrected chi connectivity index (χ1v) is 9.40. The van der Waals surface area contributed by atoms with Crippen LogP contribution in [-0.2, 0) is 16.1 Å². The maximum Gasteiger partial charge on any atom is 0.413 e.